The van der Waals surface area contributed by atoms with E-state index in [9.17, 15) is 21.6 Å². The first-order valence-electron chi connectivity index (χ1n) is 10.7. The lowest BCUT2D eigenvalue weighted by molar-refractivity contribution is -0.116. The van der Waals surface area contributed by atoms with Crippen LogP contribution in [0.5, 0.6) is 0 Å². The third-order valence-electron chi connectivity index (χ3n) is 5.37. The van der Waals surface area contributed by atoms with Crippen molar-refractivity contribution in [2.45, 2.75) is 37.0 Å². The van der Waals surface area contributed by atoms with Crippen molar-refractivity contribution in [1.82, 2.24) is 4.31 Å². The number of rotatable bonds is 9. The fourth-order valence-electron chi connectivity index (χ4n) is 3.67. The molecule has 1 fully saturated rings. The van der Waals surface area contributed by atoms with E-state index in [-0.39, 0.29) is 23.8 Å². The molecule has 11 heteroatoms. The number of anilines is 2. The minimum Gasteiger partial charge on any atom is -0.326 e. The van der Waals surface area contributed by atoms with E-state index in [4.69, 9.17) is 11.6 Å². The predicted molar refractivity (Wildman–Crippen MR) is 131 cm³/mol. The van der Waals surface area contributed by atoms with Gasteiger partial charge in [-0.2, -0.15) is 4.31 Å². The van der Waals surface area contributed by atoms with Gasteiger partial charge >= 0.3 is 0 Å². The summed E-state index contributed by atoms with van der Waals surface area (Å²) in [7, 11) is -7.04. The van der Waals surface area contributed by atoms with Crippen LogP contribution >= 0.6 is 11.6 Å². The number of carbonyl (C=O) groups excluding carboxylic acids is 1. The molecule has 1 aliphatic rings. The van der Waals surface area contributed by atoms with E-state index in [1.165, 1.54) is 20.7 Å². The highest BCUT2D eigenvalue weighted by Gasteiger charge is 2.25. The summed E-state index contributed by atoms with van der Waals surface area (Å²) in [4.78, 5) is 12.5. The van der Waals surface area contributed by atoms with E-state index >= 15 is 0 Å². The van der Waals surface area contributed by atoms with E-state index in [0.29, 0.717) is 35.9 Å². The summed E-state index contributed by atoms with van der Waals surface area (Å²) in [6.45, 7) is 1.20. The molecule has 1 saturated heterocycles. The lowest BCUT2D eigenvalue weighted by atomic mass is 10.2. The van der Waals surface area contributed by atoms with Gasteiger partial charge in [0.1, 0.15) is 0 Å². The van der Waals surface area contributed by atoms with Crippen LogP contribution in [0.4, 0.5) is 11.4 Å². The highest BCUT2D eigenvalue weighted by molar-refractivity contribution is 7.92. The molecule has 180 valence electrons. The van der Waals surface area contributed by atoms with E-state index < -0.39 is 20.0 Å². The van der Waals surface area contributed by atoms with Gasteiger partial charge in [-0.3, -0.25) is 9.10 Å². The molecule has 0 atom stereocenters. The molecule has 0 unspecified atom stereocenters. The van der Waals surface area contributed by atoms with Gasteiger partial charge in [0, 0.05) is 36.8 Å². The lowest BCUT2D eigenvalue weighted by Gasteiger charge is -2.25. The first-order chi connectivity index (χ1) is 15.6. The van der Waals surface area contributed by atoms with E-state index in [1.807, 2.05) is 0 Å². The first-order valence-corrected chi connectivity index (χ1v) is 14.4. The maximum Gasteiger partial charge on any atom is 0.243 e. The van der Waals surface area contributed by atoms with Crippen molar-refractivity contribution in [1.29, 1.82) is 0 Å². The molecule has 0 saturated carbocycles. The highest BCUT2D eigenvalue weighted by Crippen LogP contribution is 2.23. The molecular weight excluding hydrogens is 486 g/mol. The SMILES string of the molecule is CS(=O)(=O)N(CCCC(=O)Nc1ccc(S(=O)(=O)N2CCCCC2)cc1)c1ccc(Cl)cc1. The Bertz CT molecular complexity index is 1160. The molecule has 0 aliphatic carbocycles. The summed E-state index contributed by atoms with van der Waals surface area (Å²) in [5.41, 5.74) is 0.961. The summed E-state index contributed by atoms with van der Waals surface area (Å²) >= 11 is 5.87. The molecule has 1 amide bonds. The van der Waals surface area contributed by atoms with Crippen molar-refractivity contribution in [2.75, 3.05) is 35.5 Å². The Kier molecular flexibility index (Phi) is 8.38. The molecular formula is C22H28ClN3O5S2. The van der Waals surface area contributed by atoms with Crippen molar-refractivity contribution in [3.05, 3.63) is 53.6 Å². The Labute approximate surface area is 200 Å². The Morgan fingerprint density at radius 1 is 0.970 bits per heavy atom. The quantitative estimate of drug-likeness (QED) is 0.550. The smallest absolute Gasteiger partial charge is 0.243 e. The Balaban J connectivity index is 1.55. The third-order valence-corrected chi connectivity index (χ3v) is 8.73. The number of hydrogen-bond acceptors (Lipinski definition) is 5. The van der Waals surface area contributed by atoms with Crippen LogP contribution in [0.2, 0.25) is 5.02 Å². The number of carbonyl (C=O) groups is 1. The second-order valence-corrected chi connectivity index (χ2v) is 12.2. The number of piperidine rings is 1. The molecule has 0 bridgehead atoms. The van der Waals surface area contributed by atoms with E-state index in [2.05, 4.69) is 5.32 Å². The molecule has 3 rings (SSSR count). The largest absolute Gasteiger partial charge is 0.326 e. The maximum atomic E-state index is 12.7. The number of halogens is 1. The fraction of sp³-hybridized carbons (Fsp3) is 0.409. The van der Waals surface area contributed by atoms with Gasteiger partial charge in [-0.1, -0.05) is 18.0 Å². The zero-order valence-electron chi connectivity index (χ0n) is 18.4. The Morgan fingerprint density at radius 2 is 1.58 bits per heavy atom. The number of amides is 1. The molecule has 0 spiro atoms. The van der Waals surface area contributed by atoms with Gasteiger partial charge in [0.15, 0.2) is 0 Å². The van der Waals surface area contributed by atoms with E-state index in [0.717, 1.165) is 25.5 Å². The number of benzene rings is 2. The highest BCUT2D eigenvalue weighted by atomic mass is 35.5. The molecule has 2 aromatic rings. The molecule has 1 heterocycles. The van der Waals surface area contributed by atoms with Gasteiger partial charge in [-0.15, -0.1) is 0 Å². The fourth-order valence-corrected chi connectivity index (χ4v) is 6.27. The van der Waals surface area contributed by atoms with Crippen LogP contribution in [0.1, 0.15) is 32.1 Å². The second-order valence-electron chi connectivity index (χ2n) is 7.95. The predicted octanol–water partition coefficient (Wildman–Crippen LogP) is 3.70. The molecule has 0 radical (unpaired) electrons. The second kappa shape index (κ2) is 10.9. The van der Waals surface area contributed by atoms with Crippen molar-refractivity contribution in [3.8, 4) is 0 Å². The van der Waals surface area contributed by atoms with Gasteiger partial charge in [-0.05, 0) is 67.8 Å². The van der Waals surface area contributed by atoms with Crippen LogP contribution in [0.15, 0.2) is 53.4 Å². The maximum absolute atomic E-state index is 12.7. The van der Waals surface area contributed by atoms with Crippen molar-refractivity contribution in [2.24, 2.45) is 0 Å². The third kappa shape index (κ3) is 6.92. The molecule has 1 aliphatic heterocycles. The van der Waals surface area contributed by atoms with Crippen molar-refractivity contribution in [3.63, 3.8) is 0 Å². The zero-order valence-corrected chi connectivity index (χ0v) is 20.8. The van der Waals surface area contributed by atoms with E-state index in [1.54, 1.807) is 36.4 Å². The van der Waals surface area contributed by atoms with Crippen LogP contribution in [0.25, 0.3) is 0 Å². The summed E-state index contributed by atoms with van der Waals surface area (Å²) in [6.07, 6.45) is 4.29. The normalized spacial score (nSPS) is 15.2. The average Bonchev–Trinajstić information content (AvgIpc) is 2.78. The first kappa shape index (κ1) is 25.5. The Morgan fingerprint density at radius 3 is 2.15 bits per heavy atom. The summed E-state index contributed by atoms with van der Waals surface area (Å²) in [5, 5.41) is 3.23. The van der Waals surface area contributed by atoms with Crippen molar-refractivity contribution < 1.29 is 21.6 Å². The van der Waals surface area contributed by atoms with Crippen LogP contribution in [-0.2, 0) is 24.8 Å². The van der Waals surface area contributed by atoms with Crippen molar-refractivity contribution >= 4 is 48.9 Å². The molecule has 33 heavy (non-hydrogen) atoms. The van der Waals surface area contributed by atoms with Gasteiger partial charge in [0.05, 0.1) is 16.8 Å². The topological polar surface area (TPSA) is 104 Å². The lowest BCUT2D eigenvalue weighted by Crippen LogP contribution is -2.35. The van der Waals surface area contributed by atoms with Crippen LogP contribution in [0, 0.1) is 0 Å². The van der Waals surface area contributed by atoms with Gasteiger partial charge in [0.2, 0.25) is 26.0 Å². The molecule has 0 aromatic heterocycles. The zero-order chi connectivity index (χ0) is 24.1. The summed E-state index contributed by atoms with van der Waals surface area (Å²) in [5.74, 6) is -0.286. The number of sulfonamides is 2. The van der Waals surface area contributed by atoms with Gasteiger partial charge in [0.25, 0.3) is 0 Å². The van der Waals surface area contributed by atoms with Crippen LogP contribution < -0.4 is 9.62 Å². The number of hydrogen-bond donors (Lipinski definition) is 1. The summed E-state index contributed by atoms with van der Waals surface area (Å²) in [6, 6.07) is 12.5. The minimum atomic E-state index is -3.52. The van der Waals surface area contributed by atoms with Crippen LogP contribution in [-0.4, -0.2) is 52.9 Å². The standard InChI is InChI=1S/C22H28ClN3O5S2/c1-32(28,29)26(20-11-7-18(23)8-12-20)17-5-6-22(27)24-19-9-13-21(14-10-19)33(30,31)25-15-3-2-4-16-25/h7-14H,2-6,15-17H2,1H3,(H,24,27). The van der Waals surface area contributed by atoms with Gasteiger partial charge in [-0.25, -0.2) is 16.8 Å². The van der Waals surface area contributed by atoms with Gasteiger partial charge < -0.3 is 5.32 Å². The monoisotopic (exact) mass is 513 g/mol. The molecule has 1 N–H and O–H groups in total. The number of nitrogens with zero attached hydrogens (tertiary/aromatic N) is 2. The van der Waals surface area contributed by atoms with Crippen LogP contribution in [0.3, 0.4) is 0 Å². The molecule has 8 nitrogen and oxygen atoms in total. The molecule has 2 aromatic carbocycles. The minimum absolute atomic E-state index is 0.105. The summed E-state index contributed by atoms with van der Waals surface area (Å²) < 4.78 is 52.5. The number of nitrogens with one attached hydrogen (secondary N) is 1. The average molecular weight is 514 g/mol. The Hall–Kier alpha value is -2.14.